The van der Waals surface area contributed by atoms with Gasteiger partial charge in [-0.15, -0.1) is 0 Å². The van der Waals surface area contributed by atoms with E-state index in [2.05, 4.69) is 15.5 Å². The van der Waals surface area contributed by atoms with E-state index in [1.165, 1.54) is 12.5 Å². The van der Waals surface area contributed by atoms with Gasteiger partial charge in [-0.25, -0.2) is 0 Å². The minimum Gasteiger partial charge on any atom is -0.319 e. The maximum atomic E-state index is 12.1. The number of nitrogens with one attached hydrogen (secondary N) is 2. The van der Waals surface area contributed by atoms with Crippen molar-refractivity contribution in [3.63, 3.8) is 0 Å². The van der Waals surface area contributed by atoms with Gasteiger partial charge in [0.05, 0.1) is 11.5 Å². The zero-order valence-corrected chi connectivity index (χ0v) is 12.7. The van der Waals surface area contributed by atoms with Crippen molar-refractivity contribution in [1.29, 1.82) is 0 Å². The summed E-state index contributed by atoms with van der Waals surface area (Å²) in [5.41, 5.74) is 0.170. The van der Waals surface area contributed by atoms with Gasteiger partial charge >= 0.3 is 0 Å². The number of nitro groups is 1. The third-order valence-corrected chi connectivity index (χ3v) is 3.84. The van der Waals surface area contributed by atoms with E-state index in [1.54, 1.807) is 18.2 Å². The molecule has 1 aromatic rings. The number of likely N-dealkylation sites (tertiary alicyclic amines) is 1. The summed E-state index contributed by atoms with van der Waals surface area (Å²) in [6.07, 6.45) is 2.24. The molecule has 1 unspecified atom stereocenters. The lowest BCUT2D eigenvalue weighted by Crippen LogP contribution is -2.42. The largest absolute Gasteiger partial charge is 0.319 e. The van der Waals surface area contributed by atoms with Gasteiger partial charge in [0.15, 0.2) is 0 Å². The van der Waals surface area contributed by atoms with Crippen molar-refractivity contribution in [3.8, 4) is 0 Å². The second-order valence-corrected chi connectivity index (χ2v) is 5.62. The number of hydrogen-bond donors (Lipinski definition) is 2. The molecule has 0 radical (unpaired) electrons. The molecule has 0 saturated carbocycles. The van der Waals surface area contributed by atoms with Crippen LogP contribution in [0.4, 0.5) is 11.4 Å². The molecule has 0 bridgehead atoms. The molecule has 1 aromatic carbocycles. The van der Waals surface area contributed by atoms with Crippen molar-refractivity contribution >= 4 is 17.3 Å². The first-order chi connectivity index (χ1) is 10.6. The predicted octanol–water partition coefficient (Wildman–Crippen LogP) is 1.46. The standard InChI is InChI=1S/C15H22N4O3/c1-16-9-12-5-4-8-18(10-12)11-15(20)17-13-6-2-3-7-14(13)19(21)22/h2-3,6-7,12,16H,4-5,8-11H2,1H3,(H,17,20). The summed E-state index contributed by atoms with van der Waals surface area (Å²) < 4.78 is 0. The first-order valence-corrected chi connectivity index (χ1v) is 7.50. The van der Waals surface area contributed by atoms with Gasteiger partial charge in [-0.3, -0.25) is 19.8 Å². The van der Waals surface area contributed by atoms with Gasteiger partial charge in [0.1, 0.15) is 5.69 Å². The highest BCUT2D eigenvalue weighted by Gasteiger charge is 2.22. The Balaban J connectivity index is 1.92. The molecular formula is C15H22N4O3. The van der Waals surface area contributed by atoms with E-state index in [0.717, 1.165) is 26.1 Å². The molecule has 7 heteroatoms. The predicted molar refractivity (Wildman–Crippen MR) is 84.8 cm³/mol. The quantitative estimate of drug-likeness (QED) is 0.614. The molecule has 2 N–H and O–H groups in total. The van der Waals surface area contributed by atoms with Gasteiger partial charge in [-0.05, 0) is 45.0 Å². The van der Waals surface area contributed by atoms with Crippen LogP contribution < -0.4 is 10.6 Å². The second kappa shape index (κ2) is 7.86. The summed E-state index contributed by atoms with van der Waals surface area (Å²) in [4.78, 5) is 24.7. The van der Waals surface area contributed by atoms with Crippen LogP contribution in [0.5, 0.6) is 0 Å². The zero-order valence-electron chi connectivity index (χ0n) is 12.7. The van der Waals surface area contributed by atoms with E-state index in [1.807, 2.05) is 7.05 Å². The topological polar surface area (TPSA) is 87.5 Å². The van der Waals surface area contributed by atoms with Crippen molar-refractivity contribution < 1.29 is 9.72 Å². The number of carbonyl (C=O) groups excluding carboxylic acids is 1. The van der Waals surface area contributed by atoms with Crippen LogP contribution in [0.25, 0.3) is 0 Å². The van der Waals surface area contributed by atoms with Gasteiger partial charge in [0.2, 0.25) is 5.91 Å². The summed E-state index contributed by atoms with van der Waals surface area (Å²) in [6, 6.07) is 6.20. The second-order valence-electron chi connectivity index (χ2n) is 5.62. The molecule has 0 spiro atoms. The molecule has 1 fully saturated rings. The van der Waals surface area contributed by atoms with E-state index in [0.29, 0.717) is 5.92 Å². The normalized spacial score (nSPS) is 18.9. The molecule has 120 valence electrons. The average molecular weight is 306 g/mol. The number of piperidine rings is 1. The summed E-state index contributed by atoms with van der Waals surface area (Å²) in [5, 5.41) is 16.8. The highest BCUT2D eigenvalue weighted by molar-refractivity contribution is 5.94. The van der Waals surface area contributed by atoms with Crippen LogP contribution in [-0.2, 0) is 4.79 Å². The molecule has 0 aliphatic carbocycles. The third kappa shape index (κ3) is 4.51. The Labute approximate surface area is 129 Å². The van der Waals surface area contributed by atoms with Crippen LogP contribution in [0.15, 0.2) is 24.3 Å². The van der Waals surface area contributed by atoms with Crippen molar-refractivity contribution in [1.82, 2.24) is 10.2 Å². The van der Waals surface area contributed by atoms with Crippen LogP contribution in [0.3, 0.4) is 0 Å². The molecule has 0 aromatic heterocycles. The molecular weight excluding hydrogens is 284 g/mol. The number of anilines is 1. The number of carbonyl (C=O) groups is 1. The lowest BCUT2D eigenvalue weighted by Gasteiger charge is -2.32. The Kier molecular flexibility index (Phi) is 5.85. The summed E-state index contributed by atoms with van der Waals surface area (Å²) in [5.74, 6) is 0.344. The van der Waals surface area contributed by atoms with Gasteiger partial charge in [-0.2, -0.15) is 0 Å². The highest BCUT2D eigenvalue weighted by Crippen LogP contribution is 2.23. The van der Waals surface area contributed by atoms with E-state index in [4.69, 9.17) is 0 Å². The zero-order chi connectivity index (χ0) is 15.9. The lowest BCUT2D eigenvalue weighted by molar-refractivity contribution is -0.383. The fourth-order valence-corrected chi connectivity index (χ4v) is 2.88. The Morgan fingerprint density at radius 2 is 2.23 bits per heavy atom. The van der Waals surface area contributed by atoms with Crippen LogP contribution in [-0.4, -0.2) is 49.0 Å². The van der Waals surface area contributed by atoms with Crippen LogP contribution in [0, 0.1) is 16.0 Å². The van der Waals surface area contributed by atoms with Crippen molar-refractivity contribution in [3.05, 3.63) is 34.4 Å². The molecule has 1 heterocycles. The van der Waals surface area contributed by atoms with E-state index < -0.39 is 4.92 Å². The van der Waals surface area contributed by atoms with Crippen LogP contribution in [0.1, 0.15) is 12.8 Å². The van der Waals surface area contributed by atoms with Crippen LogP contribution >= 0.6 is 0 Å². The van der Waals surface area contributed by atoms with Gasteiger partial charge in [0.25, 0.3) is 5.69 Å². The van der Waals surface area contributed by atoms with Crippen molar-refractivity contribution in [2.75, 3.05) is 38.5 Å². The number of amides is 1. The number of hydrogen-bond acceptors (Lipinski definition) is 5. The monoisotopic (exact) mass is 306 g/mol. The minimum atomic E-state index is -0.487. The molecule has 1 aliphatic heterocycles. The lowest BCUT2D eigenvalue weighted by atomic mass is 9.98. The molecule has 1 amide bonds. The first kappa shape index (κ1) is 16.4. The van der Waals surface area contributed by atoms with E-state index in [-0.39, 0.29) is 23.8 Å². The maximum Gasteiger partial charge on any atom is 0.292 e. The summed E-state index contributed by atoms with van der Waals surface area (Å²) in [6.45, 7) is 2.99. The number of rotatable bonds is 6. The van der Waals surface area contributed by atoms with Crippen LogP contribution in [0.2, 0.25) is 0 Å². The summed E-state index contributed by atoms with van der Waals surface area (Å²) >= 11 is 0. The Morgan fingerprint density at radius 1 is 1.45 bits per heavy atom. The molecule has 1 saturated heterocycles. The number of para-hydroxylation sites is 2. The Morgan fingerprint density at radius 3 is 2.95 bits per heavy atom. The maximum absolute atomic E-state index is 12.1. The number of benzene rings is 1. The number of nitrogens with zero attached hydrogens (tertiary/aromatic N) is 2. The SMILES string of the molecule is CNCC1CCCN(CC(=O)Nc2ccccc2[N+](=O)[O-])C1. The minimum absolute atomic E-state index is 0.0810. The fraction of sp³-hybridized carbons (Fsp3) is 0.533. The molecule has 1 aliphatic rings. The molecule has 1 atom stereocenters. The molecule has 7 nitrogen and oxygen atoms in total. The smallest absolute Gasteiger partial charge is 0.292 e. The van der Waals surface area contributed by atoms with E-state index in [9.17, 15) is 14.9 Å². The van der Waals surface area contributed by atoms with Crippen molar-refractivity contribution in [2.45, 2.75) is 12.8 Å². The van der Waals surface area contributed by atoms with Gasteiger partial charge < -0.3 is 10.6 Å². The fourth-order valence-electron chi connectivity index (χ4n) is 2.88. The Hall–Kier alpha value is -1.99. The first-order valence-electron chi connectivity index (χ1n) is 7.50. The van der Waals surface area contributed by atoms with Crippen molar-refractivity contribution in [2.24, 2.45) is 5.92 Å². The van der Waals surface area contributed by atoms with Gasteiger partial charge in [0, 0.05) is 12.6 Å². The van der Waals surface area contributed by atoms with Gasteiger partial charge in [-0.1, -0.05) is 12.1 Å². The highest BCUT2D eigenvalue weighted by atomic mass is 16.6. The van der Waals surface area contributed by atoms with E-state index >= 15 is 0 Å². The average Bonchev–Trinajstić information content (AvgIpc) is 2.48. The molecule has 22 heavy (non-hydrogen) atoms. The summed E-state index contributed by atoms with van der Waals surface area (Å²) in [7, 11) is 1.93. The molecule has 2 rings (SSSR count). The number of nitro benzene ring substituents is 1. The third-order valence-electron chi connectivity index (χ3n) is 3.84. The Bertz CT molecular complexity index is 533.